The predicted octanol–water partition coefficient (Wildman–Crippen LogP) is 2.19. The molecule has 1 fully saturated rings. The Morgan fingerprint density at radius 1 is 1.15 bits per heavy atom. The van der Waals surface area contributed by atoms with Crippen LogP contribution in [0.2, 0.25) is 0 Å². The summed E-state index contributed by atoms with van der Waals surface area (Å²) in [6.07, 6.45) is 5.33. The van der Waals surface area contributed by atoms with Crippen molar-refractivity contribution in [2.75, 3.05) is 11.5 Å². The molecular weight excluding hydrogens is 160 g/mol. The molecule has 0 spiro atoms. The van der Waals surface area contributed by atoms with E-state index in [1.54, 1.807) is 0 Å². The molecule has 0 heterocycles. The first-order chi connectivity index (χ1) is 6.25. The zero-order valence-corrected chi connectivity index (χ0v) is 7.79. The van der Waals surface area contributed by atoms with Crippen molar-refractivity contribution in [3.8, 4) is 0 Å². The molecule has 0 saturated heterocycles. The third-order valence-electron chi connectivity index (χ3n) is 2.90. The van der Waals surface area contributed by atoms with Gasteiger partial charge in [-0.1, -0.05) is 25.3 Å². The summed E-state index contributed by atoms with van der Waals surface area (Å²) in [5, 5.41) is 0. The highest BCUT2D eigenvalue weighted by atomic mass is 14.7. The first-order valence-corrected chi connectivity index (χ1v) is 4.89. The van der Waals surface area contributed by atoms with Crippen molar-refractivity contribution in [2.24, 2.45) is 5.92 Å². The fourth-order valence-corrected chi connectivity index (χ4v) is 1.78. The lowest BCUT2D eigenvalue weighted by Gasteiger charge is -2.25. The molecule has 2 heteroatoms. The van der Waals surface area contributed by atoms with Crippen LogP contribution in [0.3, 0.4) is 0 Å². The topological polar surface area (TPSA) is 52.0 Å². The Bertz CT molecular complexity index is 303. The number of hydrogen-bond acceptors (Lipinski definition) is 2. The summed E-state index contributed by atoms with van der Waals surface area (Å²) in [5.74, 6) is 0.892. The summed E-state index contributed by atoms with van der Waals surface area (Å²) in [5.41, 5.74) is 14.1. The van der Waals surface area contributed by atoms with Crippen molar-refractivity contribution < 1.29 is 0 Å². The maximum Gasteiger partial charge on any atom is 0.0550 e. The number of hydrogen-bond donors (Lipinski definition) is 2. The second kappa shape index (κ2) is 3.29. The third kappa shape index (κ3) is 1.77. The highest BCUT2D eigenvalue weighted by molar-refractivity contribution is 5.63. The first-order valence-electron chi connectivity index (χ1n) is 4.89. The van der Waals surface area contributed by atoms with Crippen molar-refractivity contribution in [3.63, 3.8) is 0 Å². The van der Waals surface area contributed by atoms with Gasteiger partial charge in [0.25, 0.3) is 0 Å². The van der Waals surface area contributed by atoms with Gasteiger partial charge in [0.2, 0.25) is 0 Å². The maximum atomic E-state index is 5.73. The zero-order chi connectivity index (χ0) is 9.26. The minimum atomic E-state index is 0.692. The number of nitrogens with two attached hydrogens (primary N) is 2. The van der Waals surface area contributed by atoms with Gasteiger partial charge < -0.3 is 11.5 Å². The first kappa shape index (κ1) is 8.42. The molecule has 0 amide bonds. The number of anilines is 2. The Morgan fingerprint density at radius 2 is 1.92 bits per heavy atom. The SMILES string of the molecule is Nc1ccc(CC2CCC2)cc1N. The van der Waals surface area contributed by atoms with E-state index in [-0.39, 0.29) is 0 Å². The van der Waals surface area contributed by atoms with Crippen molar-refractivity contribution >= 4 is 11.4 Å². The van der Waals surface area contributed by atoms with E-state index in [2.05, 4.69) is 6.07 Å². The quantitative estimate of drug-likeness (QED) is 0.679. The summed E-state index contributed by atoms with van der Waals surface area (Å²) in [6.45, 7) is 0. The molecule has 0 atom stereocenters. The van der Waals surface area contributed by atoms with Crippen LogP contribution >= 0.6 is 0 Å². The molecule has 0 aromatic heterocycles. The third-order valence-corrected chi connectivity index (χ3v) is 2.90. The number of nitrogen functional groups attached to an aromatic ring is 2. The predicted molar refractivity (Wildman–Crippen MR) is 56.3 cm³/mol. The van der Waals surface area contributed by atoms with E-state index in [1.807, 2.05) is 12.1 Å². The zero-order valence-electron chi connectivity index (χ0n) is 7.79. The molecule has 1 aromatic rings. The molecule has 1 aliphatic carbocycles. The average Bonchev–Trinajstić information content (AvgIpc) is 2.04. The van der Waals surface area contributed by atoms with Crippen LogP contribution in [-0.4, -0.2) is 0 Å². The Hall–Kier alpha value is -1.18. The molecule has 2 rings (SSSR count). The fraction of sp³-hybridized carbons (Fsp3) is 0.455. The van der Waals surface area contributed by atoms with E-state index in [4.69, 9.17) is 11.5 Å². The summed E-state index contributed by atoms with van der Waals surface area (Å²) >= 11 is 0. The molecule has 4 N–H and O–H groups in total. The van der Waals surface area contributed by atoms with Gasteiger partial charge in [0, 0.05) is 0 Å². The van der Waals surface area contributed by atoms with Crippen LogP contribution in [0.5, 0.6) is 0 Å². The Balaban J connectivity index is 2.07. The van der Waals surface area contributed by atoms with Crippen LogP contribution in [0.25, 0.3) is 0 Å². The molecule has 0 unspecified atom stereocenters. The van der Waals surface area contributed by atoms with Crippen molar-refractivity contribution in [2.45, 2.75) is 25.7 Å². The molecule has 1 aromatic carbocycles. The standard InChI is InChI=1S/C11H16N2/c12-10-5-4-9(7-11(10)13)6-8-2-1-3-8/h4-5,7-8H,1-3,6,12-13H2. The van der Waals surface area contributed by atoms with Gasteiger partial charge >= 0.3 is 0 Å². The van der Waals surface area contributed by atoms with Gasteiger partial charge in [-0.25, -0.2) is 0 Å². The normalized spacial score (nSPS) is 16.9. The fourth-order valence-electron chi connectivity index (χ4n) is 1.78. The molecule has 0 aliphatic heterocycles. The highest BCUT2D eigenvalue weighted by Crippen LogP contribution is 2.30. The van der Waals surface area contributed by atoms with Crippen molar-refractivity contribution in [1.82, 2.24) is 0 Å². The lowest BCUT2D eigenvalue weighted by molar-refractivity contribution is 0.314. The van der Waals surface area contributed by atoms with Gasteiger partial charge in [-0.05, 0) is 30.0 Å². The van der Waals surface area contributed by atoms with Gasteiger partial charge in [-0.15, -0.1) is 0 Å². The maximum absolute atomic E-state index is 5.73. The summed E-state index contributed by atoms with van der Waals surface area (Å²) in [4.78, 5) is 0. The summed E-state index contributed by atoms with van der Waals surface area (Å²) < 4.78 is 0. The van der Waals surface area contributed by atoms with E-state index in [1.165, 1.54) is 31.2 Å². The van der Waals surface area contributed by atoms with Crippen molar-refractivity contribution in [1.29, 1.82) is 0 Å². The lowest BCUT2D eigenvalue weighted by atomic mass is 9.81. The van der Waals surface area contributed by atoms with Crippen LogP contribution in [0, 0.1) is 5.92 Å². The molecule has 1 saturated carbocycles. The average molecular weight is 176 g/mol. The summed E-state index contributed by atoms with van der Waals surface area (Å²) in [7, 11) is 0. The van der Waals surface area contributed by atoms with Crippen LogP contribution < -0.4 is 11.5 Å². The molecule has 0 radical (unpaired) electrons. The number of rotatable bonds is 2. The van der Waals surface area contributed by atoms with E-state index in [0.29, 0.717) is 5.69 Å². The monoisotopic (exact) mass is 176 g/mol. The van der Waals surface area contributed by atoms with Crippen LogP contribution in [0.15, 0.2) is 18.2 Å². The minimum absolute atomic E-state index is 0.692. The smallest absolute Gasteiger partial charge is 0.0550 e. The van der Waals surface area contributed by atoms with E-state index >= 15 is 0 Å². The largest absolute Gasteiger partial charge is 0.397 e. The van der Waals surface area contributed by atoms with Gasteiger partial charge in [0.15, 0.2) is 0 Å². The van der Waals surface area contributed by atoms with Gasteiger partial charge in [0.1, 0.15) is 0 Å². The molecular formula is C11H16N2. The second-order valence-corrected chi connectivity index (χ2v) is 3.96. The van der Waals surface area contributed by atoms with Gasteiger partial charge in [-0.2, -0.15) is 0 Å². The van der Waals surface area contributed by atoms with Crippen LogP contribution in [0.4, 0.5) is 11.4 Å². The molecule has 1 aliphatic rings. The van der Waals surface area contributed by atoms with E-state index < -0.39 is 0 Å². The Kier molecular flexibility index (Phi) is 2.13. The van der Waals surface area contributed by atoms with Gasteiger partial charge in [-0.3, -0.25) is 0 Å². The molecule has 0 bridgehead atoms. The molecule has 70 valence electrons. The molecule has 13 heavy (non-hydrogen) atoms. The summed E-state index contributed by atoms with van der Waals surface area (Å²) in [6, 6.07) is 6.00. The van der Waals surface area contributed by atoms with Crippen LogP contribution in [-0.2, 0) is 6.42 Å². The Labute approximate surface area is 78.9 Å². The van der Waals surface area contributed by atoms with Crippen LogP contribution in [0.1, 0.15) is 24.8 Å². The number of benzene rings is 1. The second-order valence-electron chi connectivity index (χ2n) is 3.96. The van der Waals surface area contributed by atoms with E-state index in [9.17, 15) is 0 Å². The van der Waals surface area contributed by atoms with Crippen molar-refractivity contribution in [3.05, 3.63) is 23.8 Å². The lowest BCUT2D eigenvalue weighted by Crippen LogP contribution is -2.13. The minimum Gasteiger partial charge on any atom is -0.397 e. The van der Waals surface area contributed by atoms with E-state index in [0.717, 1.165) is 11.6 Å². The highest BCUT2D eigenvalue weighted by Gasteiger charge is 2.17. The molecule has 2 nitrogen and oxygen atoms in total. The Morgan fingerprint density at radius 3 is 2.46 bits per heavy atom. The van der Waals surface area contributed by atoms with Gasteiger partial charge in [0.05, 0.1) is 11.4 Å².